The van der Waals surface area contributed by atoms with Crippen LogP contribution in [-0.2, 0) is 6.54 Å². The number of thiophene rings is 2. The molecule has 0 N–H and O–H groups in total. The highest BCUT2D eigenvalue weighted by molar-refractivity contribution is 7.17. The molecule has 0 aliphatic carbocycles. The second kappa shape index (κ2) is 6.85. The summed E-state index contributed by atoms with van der Waals surface area (Å²) in [5.41, 5.74) is 3.76. The lowest BCUT2D eigenvalue weighted by Crippen LogP contribution is -2.21. The highest BCUT2D eigenvalue weighted by atomic mass is 32.1. The number of rotatable bonds is 4. The fourth-order valence-electron chi connectivity index (χ4n) is 3.09. The Balaban J connectivity index is 1.54. The van der Waals surface area contributed by atoms with Gasteiger partial charge in [0.05, 0.1) is 28.8 Å². The van der Waals surface area contributed by atoms with Crippen molar-refractivity contribution in [2.45, 2.75) is 13.5 Å². The lowest BCUT2D eigenvalue weighted by Gasteiger charge is -2.04. The standard InChI is InChI=1S/C21H15N3O2S2/c1-13-4-6-14(7-5-13)16-11-28-20-18(16)21(25)24(12-22-20)9-15-10-26-19(23-15)17-3-2-8-27-17/h2-8,10-12H,9H2,1H3. The van der Waals surface area contributed by atoms with Gasteiger partial charge >= 0.3 is 0 Å². The van der Waals surface area contributed by atoms with E-state index in [-0.39, 0.29) is 5.56 Å². The molecule has 0 atom stereocenters. The average Bonchev–Trinajstić information content (AvgIpc) is 3.45. The second-order valence-electron chi connectivity index (χ2n) is 6.49. The minimum absolute atomic E-state index is 0.0671. The molecule has 7 heteroatoms. The highest BCUT2D eigenvalue weighted by Gasteiger charge is 2.15. The number of hydrogen-bond acceptors (Lipinski definition) is 6. The van der Waals surface area contributed by atoms with Crippen LogP contribution in [0.25, 0.3) is 32.1 Å². The van der Waals surface area contributed by atoms with Crippen LogP contribution in [0.1, 0.15) is 11.3 Å². The lowest BCUT2D eigenvalue weighted by atomic mass is 10.1. The van der Waals surface area contributed by atoms with Crippen molar-refractivity contribution in [2.24, 2.45) is 0 Å². The van der Waals surface area contributed by atoms with E-state index in [4.69, 9.17) is 4.42 Å². The number of oxazole rings is 1. The van der Waals surface area contributed by atoms with Crippen molar-refractivity contribution >= 4 is 32.9 Å². The summed E-state index contributed by atoms with van der Waals surface area (Å²) >= 11 is 3.05. The first-order chi connectivity index (χ1) is 13.7. The number of aryl methyl sites for hydroxylation is 1. The lowest BCUT2D eigenvalue weighted by molar-refractivity contribution is 0.572. The Hall–Kier alpha value is -3.03. The van der Waals surface area contributed by atoms with Crippen molar-refractivity contribution in [3.8, 4) is 21.9 Å². The van der Waals surface area contributed by atoms with Crippen molar-refractivity contribution in [3.05, 3.63) is 81.4 Å². The van der Waals surface area contributed by atoms with Crippen LogP contribution in [0.4, 0.5) is 0 Å². The van der Waals surface area contributed by atoms with Crippen molar-refractivity contribution in [3.63, 3.8) is 0 Å². The van der Waals surface area contributed by atoms with Crippen LogP contribution in [0.3, 0.4) is 0 Å². The molecule has 5 rings (SSSR count). The fraction of sp³-hybridized carbons (Fsp3) is 0.0952. The van der Waals surface area contributed by atoms with Gasteiger partial charge in [0.25, 0.3) is 5.56 Å². The van der Waals surface area contributed by atoms with Crippen LogP contribution in [0.15, 0.2) is 69.0 Å². The van der Waals surface area contributed by atoms with Gasteiger partial charge in [-0.05, 0) is 23.9 Å². The first-order valence-electron chi connectivity index (χ1n) is 8.71. The Morgan fingerprint density at radius 1 is 1.14 bits per heavy atom. The maximum Gasteiger partial charge on any atom is 0.263 e. The van der Waals surface area contributed by atoms with Crippen molar-refractivity contribution in [1.29, 1.82) is 0 Å². The van der Waals surface area contributed by atoms with Gasteiger partial charge in [-0.25, -0.2) is 9.97 Å². The normalized spacial score (nSPS) is 11.3. The summed E-state index contributed by atoms with van der Waals surface area (Å²) in [6, 6.07) is 12.1. The number of fused-ring (bicyclic) bond motifs is 1. The Morgan fingerprint density at radius 3 is 2.79 bits per heavy atom. The topological polar surface area (TPSA) is 60.9 Å². The van der Waals surface area contributed by atoms with Gasteiger partial charge in [-0.2, -0.15) is 0 Å². The van der Waals surface area contributed by atoms with Gasteiger partial charge in [0.1, 0.15) is 11.1 Å². The predicted octanol–water partition coefficient (Wildman–Crippen LogP) is 5.20. The smallest absolute Gasteiger partial charge is 0.263 e. The van der Waals surface area contributed by atoms with Gasteiger partial charge in [-0.15, -0.1) is 22.7 Å². The zero-order valence-electron chi connectivity index (χ0n) is 15.0. The van der Waals surface area contributed by atoms with Crippen molar-refractivity contribution in [2.75, 3.05) is 0 Å². The molecule has 28 heavy (non-hydrogen) atoms. The van der Waals surface area contributed by atoms with Crippen molar-refractivity contribution < 1.29 is 4.42 Å². The summed E-state index contributed by atoms with van der Waals surface area (Å²) in [5.74, 6) is 0.572. The molecule has 0 aliphatic heterocycles. The van der Waals surface area contributed by atoms with E-state index in [9.17, 15) is 4.79 Å². The third kappa shape index (κ3) is 2.98. The van der Waals surface area contributed by atoms with E-state index < -0.39 is 0 Å². The number of benzene rings is 1. The molecular formula is C21H15N3O2S2. The average molecular weight is 406 g/mol. The summed E-state index contributed by atoms with van der Waals surface area (Å²) < 4.78 is 7.15. The van der Waals surface area contributed by atoms with Crippen LogP contribution in [0.2, 0.25) is 0 Å². The molecule has 4 heterocycles. The molecule has 0 amide bonds. The molecule has 5 nitrogen and oxygen atoms in total. The monoisotopic (exact) mass is 405 g/mol. The van der Waals surface area contributed by atoms with E-state index in [0.717, 1.165) is 20.8 Å². The van der Waals surface area contributed by atoms with Crippen LogP contribution in [0, 0.1) is 6.92 Å². The Morgan fingerprint density at radius 2 is 2.00 bits per heavy atom. The number of aromatic nitrogens is 3. The van der Waals surface area contributed by atoms with Crippen LogP contribution in [0.5, 0.6) is 0 Å². The summed E-state index contributed by atoms with van der Waals surface area (Å²) in [6.45, 7) is 2.37. The molecule has 5 aromatic rings. The molecule has 0 saturated carbocycles. The Kier molecular flexibility index (Phi) is 4.18. The SMILES string of the molecule is Cc1ccc(-c2csc3ncn(Cc4coc(-c5cccs5)n4)c(=O)c23)cc1. The minimum atomic E-state index is -0.0671. The molecule has 4 aromatic heterocycles. The molecule has 0 spiro atoms. The molecule has 0 fully saturated rings. The molecule has 138 valence electrons. The maximum atomic E-state index is 13.2. The zero-order valence-corrected chi connectivity index (χ0v) is 16.6. The quantitative estimate of drug-likeness (QED) is 0.412. The van der Waals surface area contributed by atoms with E-state index >= 15 is 0 Å². The third-order valence-corrected chi connectivity index (χ3v) is 6.28. The van der Waals surface area contributed by atoms with Gasteiger partial charge in [0.15, 0.2) is 0 Å². The third-order valence-electron chi connectivity index (χ3n) is 4.54. The first-order valence-corrected chi connectivity index (χ1v) is 10.5. The summed E-state index contributed by atoms with van der Waals surface area (Å²) in [4.78, 5) is 23.9. The van der Waals surface area contributed by atoms with Gasteiger partial charge in [-0.3, -0.25) is 9.36 Å². The molecule has 0 saturated heterocycles. The second-order valence-corrected chi connectivity index (χ2v) is 8.30. The fourth-order valence-corrected chi connectivity index (χ4v) is 4.66. The molecule has 1 aromatic carbocycles. The van der Waals surface area contributed by atoms with Gasteiger partial charge in [0.2, 0.25) is 5.89 Å². The summed E-state index contributed by atoms with van der Waals surface area (Å²) in [7, 11) is 0. The van der Waals surface area contributed by atoms with Gasteiger partial charge in [0, 0.05) is 10.9 Å². The molecule has 0 unspecified atom stereocenters. The molecular weight excluding hydrogens is 390 g/mol. The van der Waals surface area contributed by atoms with Crippen LogP contribution < -0.4 is 5.56 Å². The Labute approximate surface area is 168 Å². The summed E-state index contributed by atoms with van der Waals surface area (Å²) in [6.07, 6.45) is 3.18. The molecule has 0 radical (unpaired) electrons. The van der Waals surface area contributed by atoms with E-state index in [0.29, 0.717) is 23.5 Å². The summed E-state index contributed by atoms with van der Waals surface area (Å²) in [5, 5.41) is 4.63. The number of nitrogens with zero attached hydrogens (tertiary/aromatic N) is 3. The zero-order chi connectivity index (χ0) is 19.1. The van der Waals surface area contributed by atoms with E-state index in [2.05, 4.69) is 22.1 Å². The van der Waals surface area contributed by atoms with E-state index in [1.807, 2.05) is 41.9 Å². The van der Waals surface area contributed by atoms with Gasteiger partial charge < -0.3 is 4.42 Å². The first kappa shape index (κ1) is 17.1. The van der Waals surface area contributed by atoms with Gasteiger partial charge in [-0.1, -0.05) is 35.9 Å². The predicted molar refractivity (Wildman–Crippen MR) is 113 cm³/mol. The molecule has 0 bridgehead atoms. The molecule has 0 aliphatic rings. The van der Waals surface area contributed by atoms with Crippen LogP contribution in [-0.4, -0.2) is 14.5 Å². The highest BCUT2D eigenvalue weighted by Crippen LogP contribution is 2.31. The van der Waals surface area contributed by atoms with Crippen LogP contribution >= 0.6 is 22.7 Å². The van der Waals surface area contributed by atoms with E-state index in [1.165, 1.54) is 16.9 Å². The van der Waals surface area contributed by atoms with Crippen molar-refractivity contribution in [1.82, 2.24) is 14.5 Å². The Bertz CT molecular complexity index is 1310. The largest absolute Gasteiger partial charge is 0.443 e. The van der Waals surface area contributed by atoms with E-state index in [1.54, 1.807) is 28.5 Å². The minimum Gasteiger partial charge on any atom is -0.443 e. The maximum absolute atomic E-state index is 13.2. The number of hydrogen-bond donors (Lipinski definition) is 0.